The fraction of sp³-hybridized carbons (Fsp3) is 1.00. The summed E-state index contributed by atoms with van der Waals surface area (Å²) in [4.78, 5) is 0. The van der Waals surface area contributed by atoms with Gasteiger partial charge in [-0.05, 0) is 37.5 Å². The molecule has 2 bridgehead atoms. The Balaban J connectivity index is 2.16. The van der Waals surface area contributed by atoms with Crippen LogP contribution >= 0.6 is 0 Å². The highest BCUT2D eigenvalue weighted by Gasteiger charge is 2.45. The molecule has 1 nitrogen and oxygen atoms in total. The van der Waals surface area contributed by atoms with E-state index in [0.29, 0.717) is 5.41 Å². The molecule has 0 radical (unpaired) electrons. The fourth-order valence-corrected chi connectivity index (χ4v) is 2.72. The topological polar surface area (TPSA) is 9.23 Å². The SMILES string of the molecule is CC1(C)CO[C@@]2(C)CCC[C@H]1C2. The Labute approximate surface area is 75.5 Å². The lowest BCUT2D eigenvalue weighted by atomic mass is 9.65. The number of rotatable bonds is 0. The summed E-state index contributed by atoms with van der Waals surface area (Å²) in [6.07, 6.45) is 5.36. The van der Waals surface area contributed by atoms with E-state index in [-0.39, 0.29) is 5.60 Å². The number of fused-ring (bicyclic) bond motifs is 2. The van der Waals surface area contributed by atoms with E-state index in [4.69, 9.17) is 4.74 Å². The molecule has 0 unspecified atom stereocenters. The first-order chi connectivity index (χ1) is 5.52. The summed E-state index contributed by atoms with van der Waals surface area (Å²) in [5.41, 5.74) is 0.665. The Morgan fingerprint density at radius 2 is 2.00 bits per heavy atom. The van der Waals surface area contributed by atoms with Gasteiger partial charge in [-0.3, -0.25) is 0 Å². The maximum absolute atomic E-state index is 5.95. The first kappa shape index (κ1) is 8.55. The smallest absolute Gasteiger partial charge is 0.0657 e. The van der Waals surface area contributed by atoms with Crippen LogP contribution in [-0.2, 0) is 4.74 Å². The minimum atomic E-state index is 0.235. The summed E-state index contributed by atoms with van der Waals surface area (Å²) in [5, 5.41) is 0. The number of ether oxygens (including phenoxy) is 1. The highest BCUT2D eigenvalue weighted by molar-refractivity contribution is 4.94. The van der Waals surface area contributed by atoms with Gasteiger partial charge in [0, 0.05) is 0 Å². The Hall–Kier alpha value is -0.0400. The van der Waals surface area contributed by atoms with Gasteiger partial charge in [0.2, 0.25) is 0 Å². The maximum atomic E-state index is 5.95. The Morgan fingerprint density at radius 3 is 2.67 bits per heavy atom. The van der Waals surface area contributed by atoms with Crippen molar-refractivity contribution in [1.82, 2.24) is 0 Å². The van der Waals surface area contributed by atoms with Gasteiger partial charge in [0.05, 0.1) is 12.2 Å². The van der Waals surface area contributed by atoms with Gasteiger partial charge in [-0.15, -0.1) is 0 Å². The molecular weight excluding hydrogens is 148 g/mol. The molecule has 0 aromatic heterocycles. The average Bonchev–Trinajstić information content (AvgIpc) is 2.00. The van der Waals surface area contributed by atoms with E-state index in [2.05, 4.69) is 20.8 Å². The third kappa shape index (κ3) is 1.28. The molecule has 0 aromatic rings. The second-order valence-corrected chi connectivity index (χ2v) is 5.52. The van der Waals surface area contributed by atoms with Crippen LogP contribution in [0.15, 0.2) is 0 Å². The van der Waals surface area contributed by atoms with E-state index in [1.165, 1.54) is 25.7 Å². The molecule has 0 N–H and O–H groups in total. The van der Waals surface area contributed by atoms with Crippen LogP contribution in [0.1, 0.15) is 46.5 Å². The third-order valence-electron chi connectivity index (χ3n) is 3.83. The first-order valence-electron chi connectivity index (χ1n) is 5.16. The molecule has 2 atom stereocenters. The maximum Gasteiger partial charge on any atom is 0.0657 e. The molecule has 1 heteroatoms. The molecule has 1 aliphatic heterocycles. The summed E-state index contributed by atoms with van der Waals surface area (Å²) < 4.78 is 5.95. The number of hydrogen-bond donors (Lipinski definition) is 0. The van der Waals surface area contributed by atoms with Crippen molar-refractivity contribution in [2.75, 3.05) is 6.61 Å². The van der Waals surface area contributed by atoms with Crippen LogP contribution in [0, 0.1) is 11.3 Å². The predicted octanol–water partition coefficient (Wildman–Crippen LogP) is 2.99. The van der Waals surface area contributed by atoms with Gasteiger partial charge in [-0.25, -0.2) is 0 Å². The van der Waals surface area contributed by atoms with Crippen LogP contribution in [0.5, 0.6) is 0 Å². The summed E-state index contributed by atoms with van der Waals surface area (Å²) in [6, 6.07) is 0. The average molecular weight is 168 g/mol. The van der Waals surface area contributed by atoms with Crippen LogP contribution < -0.4 is 0 Å². The molecule has 2 rings (SSSR count). The highest BCUT2D eigenvalue weighted by atomic mass is 16.5. The molecule has 0 spiro atoms. The highest BCUT2D eigenvalue weighted by Crippen LogP contribution is 2.48. The minimum Gasteiger partial charge on any atom is -0.375 e. The van der Waals surface area contributed by atoms with Crippen molar-refractivity contribution < 1.29 is 4.74 Å². The van der Waals surface area contributed by atoms with Gasteiger partial charge in [0.15, 0.2) is 0 Å². The minimum absolute atomic E-state index is 0.235. The molecule has 0 amide bonds. The Kier molecular flexibility index (Phi) is 1.76. The summed E-state index contributed by atoms with van der Waals surface area (Å²) in [6.45, 7) is 7.95. The Bertz CT molecular complexity index is 181. The van der Waals surface area contributed by atoms with Crippen molar-refractivity contribution in [3.8, 4) is 0 Å². The molecule has 1 heterocycles. The van der Waals surface area contributed by atoms with Crippen LogP contribution in [0.2, 0.25) is 0 Å². The lowest BCUT2D eigenvalue weighted by Gasteiger charge is -2.50. The van der Waals surface area contributed by atoms with Gasteiger partial charge in [0.25, 0.3) is 0 Å². The molecule has 0 aromatic carbocycles. The monoisotopic (exact) mass is 168 g/mol. The molecule has 70 valence electrons. The van der Waals surface area contributed by atoms with Crippen molar-refractivity contribution >= 4 is 0 Å². The van der Waals surface area contributed by atoms with Crippen molar-refractivity contribution in [3.05, 3.63) is 0 Å². The zero-order valence-electron chi connectivity index (χ0n) is 8.52. The van der Waals surface area contributed by atoms with Gasteiger partial charge < -0.3 is 4.74 Å². The summed E-state index contributed by atoms with van der Waals surface area (Å²) in [7, 11) is 0. The quantitative estimate of drug-likeness (QED) is 0.540. The summed E-state index contributed by atoms with van der Waals surface area (Å²) in [5.74, 6) is 0.907. The van der Waals surface area contributed by atoms with Gasteiger partial charge >= 0.3 is 0 Å². The summed E-state index contributed by atoms with van der Waals surface area (Å²) >= 11 is 0. The van der Waals surface area contributed by atoms with E-state index in [0.717, 1.165) is 12.5 Å². The lowest BCUT2D eigenvalue weighted by molar-refractivity contribution is -0.165. The fourth-order valence-electron chi connectivity index (χ4n) is 2.72. The van der Waals surface area contributed by atoms with Crippen molar-refractivity contribution in [2.45, 2.75) is 52.1 Å². The molecule has 1 saturated carbocycles. The van der Waals surface area contributed by atoms with E-state index in [9.17, 15) is 0 Å². The van der Waals surface area contributed by atoms with Crippen LogP contribution in [-0.4, -0.2) is 12.2 Å². The van der Waals surface area contributed by atoms with Gasteiger partial charge in [-0.1, -0.05) is 20.3 Å². The van der Waals surface area contributed by atoms with Crippen LogP contribution in [0.25, 0.3) is 0 Å². The molecule has 1 aliphatic carbocycles. The molecule has 2 aliphatic rings. The van der Waals surface area contributed by atoms with E-state index in [1.54, 1.807) is 0 Å². The van der Waals surface area contributed by atoms with E-state index < -0.39 is 0 Å². The lowest BCUT2D eigenvalue weighted by Crippen LogP contribution is -2.48. The van der Waals surface area contributed by atoms with Crippen molar-refractivity contribution in [3.63, 3.8) is 0 Å². The van der Waals surface area contributed by atoms with E-state index in [1.807, 2.05) is 0 Å². The Morgan fingerprint density at radius 1 is 1.25 bits per heavy atom. The molecule has 2 fully saturated rings. The van der Waals surface area contributed by atoms with E-state index >= 15 is 0 Å². The normalized spacial score (nSPS) is 45.8. The molecule has 1 saturated heterocycles. The van der Waals surface area contributed by atoms with Gasteiger partial charge in [0.1, 0.15) is 0 Å². The number of hydrogen-bond acceptors (Lipinski definition) is 1. The second kappa shape index (κ2) is 2.47. The zero-order valence-corrected chi connectivity index (χ0v) is 8.52. The standard InChI is InChI=1S/C11H20O/c1-10(2)8-12-11(3)6-4-5-9(10)7-11/h9H,4-8H2,1-3H3/t9-,11-/m0/s1. The molecule has 12 heavy (non-hydrogen) atoms. The second-order valence-electron chi connectivity index (χ2n) is 5.52. The van der Waals surface area contributed by atoms with Gasteiger partial charge in [-0.2, -0.15) is 0 Å². The third-order valence-corrected chi connectivity index (χ3v) is 3.83. The van der Waals surface area contributed by atoms with Crippen LogP contribution in [0.4, 0.5) is 0 Å². The zero-order chi connectivity index (χ0) is 8.82. The first-order valence-corrected chi connectivity index (χ1v) is 5.16. The molecular formula is C11H20O. The van der Waals surface area contributed by atoms with Crippen LogP contribution in [0.3, 0.4) is 0 Å². The largest absolute Gasteiger partial charge is 0.375 e. The van der Waals surface area contributed by atoms with Crippen molar-refractivity contribution in [2.24, 2.45) is 11.3 Å². The predicted molar refractivity (Wildman–Crippen MR) is 50.1 cm³/mol. The van der Waals surface area contributed by atoms with Crippen molar-refractivity contribution in [1.29, 1.82) is 0 Å².